The van der Waals surface area contributed by atoms with Gasteiger partial charge in [-0.3, -0.25) is 4.90 Å². The number of hydrogen-bond acceptors (Lipinski definition) is 3. The summed E-state index contributed by atoms with van der Waals surface area (Å²) in [6.45, 7) is 11.2. The van der Waals surface area contributed by atoms with Crippen molar-refractivity contribution in [2.75, 3.05) is 26.3 Å². The molecule has 0 aromatic heterocycles. The Morgan fingerprint density at radius 2 is 1.94 bits per heavy atom. The van der Waals surface area contributed by atoms with E-state index in [1.807, 2.05) is 0 Å². The minimum absolute atomic E-state index is 0.666. The molecule has 0 amide bonds. The molecule has 0 aromatic rings. The van der Waals surface area contributed by atoms with E-state index in [-0.39, 0.29) is 0 Å². The van der Waals surface area contributed by atoms with Crippen LogP contribution in [0.1, 0.15) is 33.6 Å². The van der Waals surface area contributed by atoms with E-state index in [9.17, 15) is 0 Å². The molecule has 0 saturated carbocycles. The lowest BCUT2D eigenvalue weighted by molar-refractivity contribution is 0.000535. The van der Waals surface area contributed by atoms with E-state index in [0.29, 0.717) is 12.1 Å². The number of hydrogen-bond donors (Lipinski definition) is 1. The van der Waals surface area contributed by atoms with Crippen molar-refractivity contribution in [3.05, 3.63) is 0 Å². The van der Waals surface area contributed by atoms with Crippen LogP contribution in [0, 0.1) is 5.92 Å². The Balaban J connectivity index is 1.94. The molecule has 1 N–H and O–H groups in total. The summed E-state index contributed by atoms with van der Waals surface area (Å²) < 4.78 is 5.46. The van der Waals surface area contributed by atoms with E-state index >= 15 is 0 Å². The molecular weight excluding hydrogens is 200 g/mol. The van der Waals surface area contributed by atoms with E-state index in [0.717, 1.165) is 31.7 Å². The van der Waals surface area contributed by atoms with Crippen molar-refractivity contribution in [1.29, 1.82) is 0 Å². The maximum Gasteiger partial charge on any atom is 0.0480 e. The molecule has 2 aliphatic rings. The maximum absolute atomic E-state index is 5.46. The van der Waals surface area contributed by atoms with Gasteiger partial charge in [-0.25, -0.2) is 0 Å². The van der Waals surface area contributed by atoms with Gasteiger partial charge < -0.3 is 10.1 Å². The number of ether oxygens (including phenoxy) is 1. The van der Waals surface area contributed by atoms with Gasteiger partial charge in [-0.15, -0.1) is 0 Å². The Bertz CT molecular complexity index is 214. The monoisotopic (exact) mass is 226 g/mol. The molecule has 3 heteroatoms. The number of nitrogens with one attached hydrogen (secondary N) is 1. The molecule has 0 spiro atoms. The van der Waals surface area contributed by atoms with Crippen LogP contribution in [0.4, 0.5) is 0 Å². The third-order valence-electron chi connectivity index (χ3n) is 4.11. The van der Waals surface area contributed by atoms with Gasteiger partial charge in [0.25, 0.3) is 0 Å². The van der Waals surface area contributed by atoms with Gasteiger partial charge in [0, 0.05) is 44.4 Å². The summed E-state index contributed by atoms with van der Waals surface area (Å²) in [4.78, 5) is 2.71. The minimum atomic E-state index is 0.666. The van der Waals surface area contributed by atoms with Crippen LogP contribution in [0.2, 0.25) is 0 Å². The molecule has 2 heterocycles. The highest BCUT2D eigenvalue weighted by molar-refractivity contribution is 4.89. The molecule has 3 nitrogen and oxygen atoms in total. The van der Waals surface area contributed by atoms with Gasteiger partial charge in [0.1, 0.15) is 0 Å². The first-order chi connectivity index (χ1) is 7.68. The van der Waals surface area contributed by atoms with Gasteiger partial charge in [0.05, 0.1) is 0 Å². The van der Waals surface area contributed by atoms with Crippen molar-refractivity contribution >= 4 is 0 Å². The van der Waals surface area contributed by atoms with Crippen LogP contribution in [-0.4, -0.2) is 49.3 Å². The molecule has 0 radical (unpaired) electrons. The Hall–Kier alpha value is -0.120. The average Bonchev–Trinajstić information content (AvgIpc) is 2.30. The quantitative estimate of drug-likeness (QED) is 0.772. The molecule has 94 valence electrons. The molecule has 2 unspecified atom stereocenters. The Morgan fingerprint density at radius 3 is 2.56 bits per heavy atom. The summed E-state index contributed by atoms with van der Waals surface area (Å²) in [6.07, 6.45) is 2.43. The third kappa shape index (κ3) is 2.76. The van der Waals surface area contributed by atoms with Gasteiger partial charge in [-0.05, 0) is 25.7 Å². The van der Waals surface area contributed by atoms with Crippen molar-refractivity contribution in [1.82, 2.24) is 10.2 Å². The third-order valence-corrected chi connectivity index (χ3v) is 4.11. The van der Waals surface area contributed by atoms with Gasteiger partial charge in [0.15, 0.2) is 0 Å². The van der Waals surface area contributed by atoms with Crippen LogP contribution in [0.5, 0.6) is 0 Å². The molecule has 2 rings (SSSR count). The lowest BCUT2D eigenvalue weighted by Gasteiger charge is -2.45. The molecule has 2 fully saturated rings. The van der Waals surface area contributed by atoms with Gasteiger partial charge >= 0.3 is 0 Å². The highest BCUT2D eigenvalue weighted by atomic mass is 16.5. The van der Waals surface area contributed by atoms with Gasteiger partial charge in [-0.2, -0.15) is 0 Å². The lowest BCUT2D eigenvalue weighted by atomic mass is 9.96. The molecule has 0 bridgehead atoms. The fraction of sp³-hybridized carbons (Fsp3) is 1.00. The Morgan fingerprint density at radius 1 is 1.25 bits per heavy atom. The van der Waals surface area contributed by atoms with Crippen LogP contribution >= 0.6 is 0 Å². The maximum atomic E-state index is 5.46. The first-order valence-electron chi connectivity index (χ1n) is 6.75. The van der Waals surface area contributed by atoms with Crippen molar-refractivity contribution in [3.63, 3.8) is 0 Å². The fourth-order valence-electron chi connectivity index (χ4n) is 2.88. The highest BCUT2D eigenvalue weighted by Gasteiger charge is 2.32. The topological polar surface area (TPSA) is 24.5 Å². The molecular formula is C13H26N2O. The molecule has 2 atom stereocenters. The second kappa shape index (κ2) is 5.48. The van der Waals surface area contributed by atoms with Gasteiger partial charge in [0.2, 0.25) is 0 Å². The minimum Gasteiger partial charge on any atom is -0.381 e. The standard InChI is InChI=1S/C13H26N2O/c1-10(2)13-9-15(11(3)8-14-13)12-4-6-16-7-5-12/h10-14H,4-9H2,1-3H3. The van der Waals surface area contributed by atoms with E-state index < -0.39 is 0 Å². The first-order valence-corrected chi connectivity index (χ1v) is 6.75. The second-order valence-corrected chi connectivity index (χ2v) is 5.65. The van der Waals surface area contributed by atoms with Crippen molar-refractivity contribution < 1.29 is 4.74 Å². The molecule has 2 saturated heterocycles. The predicted octanol–water partition coefficient (Wildman–Crippen LogP) is 1.48. The van der Waals surface area contributed by atoms with E-state index in [2.05, 4.69) is 31.0 Å². The summed E-state index contributed by atoms with van der Waals surface area (Å²) in [5, 5.41) is 3.66. The van der Waals surface area contributed by atoms with Crippen LogP contribution in [-0.2, 0) is 4.74 Å². The SMILES string of the molecule is CC(C)C1CN(C2CCOCC2)C(C)CN1. The molecule has 0 aromatic carbocycles. The van der Waals surface area contributed by atoms with Crippen LogP contribution in [0.3, 0.4) is 0 Å². The highest BCUT2D eigenvalue weighted by Crippen LogP contribution is 2.21. The fourth-order valence-corrected chi connectivity index (χ4v) is 2.88. The Kier molecular flexibility index (Phi) is 4.22. The zero-order valence-corrected chi connectivity index (χ0v) is 10.9. The summed E-state index contributed by atoms with van der Waals surface area (Å²) in [7, 11) is 0. The number of piperazine rings is 1. The zero-order valence-electron chi connectivity index (χ0n) is 10.9. The van der Waals surface area contributed by atoms with Crippen molar-refractivity contribution in [3.8, 4) is 0 Å². The summed E-state index contributed by atoms with van der Waals surface area (Å²) >= 11 is 0. The number of nitrogens with zero attached hydrogens (tertiary/aromatic N) is 1. The van der Waals surface area contributed by atoms with Crippen LogP contribution < -0.4 is 5.32 Å². The second-order valence-electron chi connectivity index (χ2n) is 5.65. The van der Waals surface area contributed by atoms with Crippen LogP contribution in [0.25, 0.3) is 0 Å². The van der Waals surface area contributed by atoms with E-state index in [4.69, 9.17) is 4.74 Å². The molecule has 2 aliphatic heterocycles. The normalized spacial score (nSPS) is 34.5. The average molecular weight is 226 g/mol. The Labute approximate surface area is 99.5 Å². The van der Waals surface area contributed by atoms with Gasteiger partial charge in [-0.1, -0.05) is 13.8 Å². The van der Waals surface area contributed by atoms with E-state index in [1.54, 1.807) is 0 Å². The zero-order chi connectivity index (χ0) is 11.5. The molecule has 0 aliphatic carbocycles. The smallest absolute Gasteiger partial charge is 0.0480 e. The lowest BCUT2D eigenvalue weighted by Crippen LogP contribution is -2.60. The largest absolute Gasteiger partial charge is 0.381 e. The van der Waals surface area contributed by atoms with E-state index in [1.165, 1.54) is 19.4 Å². The van der Waals surface area contributed by atoms with Crippen molar-refractivity contribution in [2.24, 2.45) is 5.92 Å². The predicted molar refractivity (Wildman–Crippen MR) is 66.6 cm³/mol. The summed E-state index contributed by atoms with van der Waals surface area (Å²) in [5.74, 6) is 0.731. The summed E-state index contributed by atoms with van der Waals surface area (Å²) in [5.41, 5.74) is 0. The van der Waals surface area contributed by atoms with Crippen LogP contribution in [0.15, 0.2) is 0 Å². The summed E-state index contributed by atoms with van der Waals surface area (Å²) in [6, 6.07) is 2.10. The number of rotatable bonds is 2. The van der Waals surface area contributed by atoms with Crippen molar-refractivity contribution in [2.45, 2.75) is 51.7 Å². The molecule has 16 heavy (non-hydrogen) atoms. The first kappa shape index (κ1) is 12.3.